The van der Waals surface area contributed by atoms with E-state index in [0.29, 0.717) is 55.1 Å². The van der Waals surface area contributed by atoms with E-state index < -0.39 is 23.1 Å². The van der Waals surface area contributed by atoms with E-state index in [4.69, 9.17) is 23.9 Å². The quantitative estimate of drug-likeness (QED) is 0.178. The van der Waals surface area contributed by atoms with Gasteiger partial charge in [0.15, 0.2) is 12.6 Å². The molecule has 11 nitrogen and oxygen atoms in total. The molecule has 266 valence electrons. The smallest absolute Gasteiger partial charge is 0.410 e. The van der Waals surface area contributed by atoms with Crippen molar-refractivity contribution in [1.29, 1.82) is 0 Å². The van der Waals surface area contributed by atoms with Crippen LogP contribution in [0.2, 0.25) is 0 Å². The van der Waals surface area contributed by atoms with Crippen LogP contribution in [0, 0.1) is 11.7 Å². The van der Waals surface area contributed by atoms with Crippen molar-refractivity contribution in [2.24, 2.45) is 5.92 Å². The molecule has 2 aromatic carbocycles. The Hall–Kier alpha value is -4.36. The number of benzene rings is 2. The summed E-state index contributed by atoms with van der Waals surface area (Å²) >= 11 is 0. The third-order valence-corrected chi connectivity index (χ3v) is 9.81. The molecule has 2 aromatic heterocycles. The summed E-state index contributed by atoms with van der Waals surface area (Å²) in [6.45, 7) is 8.58. The molecule has 13 heteroatoms. The van der Waals surface area contributed by atoms with Gasteiger partial charge < -0.3 is 28.7 Å². The van der Waals surface area contributed by atoms with Gasteiger partial charge in [0, 0.05) is 64.4 Å². The second-order valence-electron chi connectivity index (χ2n) is 14.8. The summed E-state index contributed by atoms with van der Waals surface area (Å²) < 4.78 is 54.1. The number of aromatic nitrogens is 3. The van der Waals surface area contributed by atoms with Crippen LogP contribution in [0.1, 0.15) is 40.0 Å². The van der Waals surface area contributed by atoms with Gasteiger partial charge in [-0.1, -0.05) is 24.3 Å². The lowest BCUT2D eigenvalue weighted by Crippen LogP contribution is -2.54. The Morgan fingerprint density at radius 3 is 2.68 bits per heavy atom. The van der Waals surface area contributed by atoms with Crippen LogP contribution in [-0.4, -0.2) is 108 Å². The van der Waals surface area contributed by atoms with E-state index in [1.807, 2.05) is 63.1 Å². The van der Waals surface area contributed by atoms with E-state index in [9.17, 15) is 9.18 Å². The lowest BCUT2D eigenvalue weighted by molar-refractivity contribution is 0.000172. The fourth-order valence-corrected chi connectivity index (χ4v) is 7.54. The minimum Gasteiger partial charge on any atom is -0.468 e. The number of fused-ring (bicyclic) bond motifs is 3. The second-order valence-corrected chi connectivity index (χ2v) is 14.8. The topological polar surface area (TPSA) is 102 Å². The first kappa shape index (κ1) is 34.1. The first-order valence-electron chi connectivity index (χ1n) is 17.2. The van der Waals surface area contributed by atoms with Crippen molar-refractivity contribution in [2.75, 3.05) is 65.2 Å². The van der Waals surface area contributed by atoms with Gasteiger partial charge in [-0.15, -0.1) is 0 Å². The number of pyridine rings is 1. The van der Waals surface area contributed by atoms with Gasteiger partial charge in [-0.2, -0.15) is 9.97 Å². The molecule has 0 radical (unpaired) electrons. The Kier molecular flexibility index (Phi) is 9.14. The average Bonchev–Trinajstić information content (AvgIpc) is 3.58. The Bertz CT molecular complexity index is 1900. The Morgan fingerprint density at radius 1 is 1.10 bits per heavy atom. The molecule has 0 aliphatic carbocycles. The lowest BCUT2D eigenvalue weighted by atomic mass is 9.95. The predicted molar refractivity (Wildman–Crippen MR) is 186 cm³/mol. The molecule has 0 bridgehead atoms. The molecule has 3 aliphatic heterocycles. The first-order valence-corrected chi connectivity index (χ1v) is 17.2. The second kappa shape index (κ2) is 13.4. The highest BCUT2D eigenvalue weighted by Crippen LogP contribution is 2.41. The van der Waals surface area contributed by atoms with E-state index >= 15 is 4.39 Å². The Morgan fingerprint density at radius 2 is 1.90 bits per heavy atom. The highest BCUT2D eigenvalue weighted by atomic mass is 19.1. The molecular formula is C37H44F2N6O5. The number of rotatable bonds is 10. The number of likely N-dealkylation sites (tertiary alicyclic amines) is 1. The number of halogens is 2. The summed E-state index contributed by atoms with van der Waals surface area (Å²) in [7, 11) is 3.41. The molecule has 7 rings (SSSR count). The van der Waals surface area contributed by atoms with Crippen LogP contribution in [0.4, 0.5) is 19.4 Å². The van der Waals surface area contributed by atoms with Crippen LogP contribution in [0.25, 0.3) is 32.9 Å². The van der Waals surface area contributed by atoms with Crippen LogP contribution in [0.3, 0.4) is 0 Å². The third-order valence-electron chi connectivity index (χ3n) is 9.81. The maximum absolute atomic E-state index is 16.9. The van der Waals surface area contributed by atoms with Crippen LogP contribution >= 0.6 is 0 Å². The predicted octanol–water partition coefficient (Wildman–Crippen LogP) is 6.23. The molecule has 0 saturated carbocycles. The normalized spacial score (nSPS) is 21.0. The van der Waals surface area contributed by atoms with Crippen molar-refractivity contribution < 1.29 is 32.5 Å². The summed E-state index contributed by atoms with van der Waals surface area (Å²) in [4.78, 5) is 32.3. The van der Waals surface area contributed by atoms with Crippen LogP contribution < -0.4 is 14.4 Å². The molecule has 5 heterocycles. The fourth-order valence-electron chi connectivity index (χ4n) is 7.54. The third kappa shape index (κ3) is 6.72. The number of hydrogen-bond donors (Lipinski definition) is 0. The van der Waals surface area contributed by atoms with Crippen LogP contribution in [0.5, 0.6) is 11.8 Å². The number of carbonyl (C=O) groups excluding carboxylic acids is 1. The zero-order valence-electron chi connectivity index (χ0n) is 29.2. The molecule has 0 unspecified atom stereocenters. The highest BCUT2D eigenvalue weighted by Gasteiger charge is 2.49. The zero-order valence-corrected chi connectivity index (χ0v) is 29.2. The molecule has 3 aliphatic rings. The van der Waals surface area contributed by atoms with Gasteiger partial charge >= 0.3 is 12.1 Å². The van der Waals surface area contributed by atoms with Crippen molar-refractivity contribution >= 4 is 33.6 Å². The SMILES string of the molecule is COCOc1cc(-c2ncc3c(N(C)CC4CN(C(=O)OC(C)(C)C)C4)nc(OC[C@@]45CCCN4C[C@H](F)C5)nc3c2F)c2ccccc2c1. The summed E-state index contributed by atoms with van der Waals surface area (Å²) in [6.07, 6.45) is 2.52. The summed E-state index contributed by atoms with van der Waals surface area (Å²) in [5, 5.41) is 2.08. The standard InChI is InChI=1S/C37H44F2N6O5/c1-36(2,3)50-35(46)44-18-23(19-44)17-43(4)33-29-16-40-31(28-14-26(49-22-47-5)13-24-9-6-7-10-27(24)28)30(39)32(29)41-34(42-33)48-21-37-11-8-12-45(37)20-25(38)15-37/h6-7,9-10,13-14,16,23,25H,8,11-12,15,17-22H2,1-5H3/t25-,37+/m1/s1. The number of nitrogens with zero attached hydrogens (tertiary/aromatic N) is 6. The molecule has 2 atom stereocenters. The van der Waals surface area contributed by atoms with E-state index in [2.05, 4.69) is 14.9 Å². The fraction of sp³-hybridized carbons (Fsp3) is 0.514. The molecule has 3 fully saturated rings. The monoisotopic (exact) mass is 690 g/mol. The summed E-state index contributed by atoms with van der Waals surface area (Å²) in [5.41, 5.74) is -0.285. The number of alkyl halides is 1. The van der Waals surface area contributed by atoms with Gasteiger partial charge in [0.2, 0.25) is 0 Å². The number of hydrogen-bond acceptors (Lipinski definition) is 10. The van der Waals surface area contributed by atoms with Gasteiger partial charge in [-0.3, -0.25) is 9.88 Å². The van der Waals surface area contributed by atoms with Crippen molar-refractivity contribution in [3.05, 3.63) is 48.4 Å². The van der Waals surface area contributed by atoms with E-state index in [-0.39, 0.29) is 42.6 Å². The number of ether oxygens (including phenoxy) is 4. The summed E-state index contributed by atoms with van der Waals surface area (Å²) in [5.74, 6) is 0.490. The molecule has 1 amide bonds. The maximum Gasteiger partial charge on any atom is 0.410 e. The first-order chi connectivity index (χ1) is 23.9. The van der Waals surface area contributed by atoms with Crippen molar-refractivity contribution in [3.8, 4) is 23.0 Å². The van der Waals surface area contributed by atoms with E-state index in [0.717, 1.165) is 30.2 Å². The minimum atomic E-state index is -0.912. The van der Waals surface area contributed by atoms with Gasteiger partial charge in [-0.25, -0.2) is 13.6 Å². The molecular weight excluding hydrogens is 646 g/mol. The van der Waals surface area contributed by atoms with Crippen molar-refractivity contribution in [1.82, 2.24) is 24.8 Å². The van der Waals surface area contributed by atoms with Gasteiger partial charge in [0.1, 0.15) is 41.2 Å². The average molecular weight is 691 g/mol. The zero-order chi connectivity index (χ0) is 35.2. The minimum absolute atomic E-state index is 0.0185. The number of methoxy groups -OCH3 is 1. The van der Waals surface area contributed by atoms with Gasteiger partial charge in [0.25, 0.3) is 0 Å². The maximum atomic E-state index is 16.9. The number of amides is 1. The largest absolute Gasteiger partial charge is 0.468 e. The van der Waals surface area contributed by atoms with Gasteiger partial charge in [-0.05, 0) is 63.1 Å². The van der Waals surface area contributed by atoms with Crippen molar-refractivity contribution in [3.63, 3.8) is 0 Å². The number of anilines is 1. The summed E-state index contributed by atoms with van der Waals surface area (Å²) in [6, 6.07) is 11.3. The molecule has 0 N–H and O–H groups in total. The molecule has 0 spiro atoms. The van der Waals surface area contributed by atoms with E-state index in [1.165, 1.54) is 7.11 Å². The van der Waals surface area contributed by atoms with E-state index in [1.54, 1.807) is 17.2 Å². The Labute approximate surface area is 290 Å². The van der Waals surface area contributed by atoms with Gasteiger partial charge in [0.05, 0.1) is 10.9 Å². The molecule has 4 aromatic rings. The van der Waals surface area contributed by atoms with Crippen LogP contribution in [-0.2, 0) is 9.47 Å². The lowest BCUT2D eigenvalue weighted by Gasteiger charge is -2.41. The highest BCUT2D eigenvalue weighted by molar-refractivity contribution is 6.00. The Balaban J connectivity index is 1.24. The molecule has 50 heavy (non-hydrogen) atoms. The van der Waals surface area contributed by atoms with Crippen molar-refractivity contribution in [2.45, 2.75) is 57.3 Å². The van der Waals surface area contributed by atoms with Crippen LogP contribution in [0.15, 0.2) is 42.6 Å². The molecule has 3 saturated heterocycles. The number of carbonyl (C=O) groups is 1.